The molecule has 1 aromatic carbocycles. The van der Waals surface area contributed by atoms with Crippen LogP contribution < -0.4 is 0 Å². The van der Waals surface area contributed by atoms with Crippen molar-refractivity contribution in [3.05, 3.63) is 64.1 Å². The molecule has 22 heavy (non-hydrogen) atoms. The molecule has 112 valence electrons. The van der Waals surface area contributed by atoms with Gasteiger partial charge in [-0.15, -0.1) is 11.3 Å². The van der Waals surface area contributed by atoms with E-state index in [0.29, 0.717) is 17.3 Å². The number of hydrogen-bond donors (Lipinski definition) is 1. The van der Waals surface area contributed by atoms with E-state index in [1.54, 1.807) is 29.4 Å². The number of hydrogen-bond acceptors (Lipinski definition) is 3. The summed E-state index contributed by atoms with van der Waals surface area (Å²) in [6.45, 7) is 0.487. The number of H-pyrrole nitrogens is 1. The molecule has 0 spiro atoms. The van der Waals surface area contributed by atoms with Crippen LogP contribution in [0.1, 0.15) is 16.1 Å². The Morgan fingerprint density at radius 3 is 2.91 bits per heavy atom. The molecule has 0 aliphatic carbocycles. The molecule has 0 bridgehead atoms. The van der Waals surface area contributed by atoms with Gasteiger partial charge in [-0.05, 0) is 35.2 Å². The molecule has 2 aromatic heterocycles. The number of halogens is 1. The maximum atomic E-state index is 12.4. The van der Waals surface area contributed by atoms with Gasteiger partial charge in [0, 0.05) is 18.6 Å². The van der Waals surface area contributed by atoms with Crippen molar-refractivity contribution >= 4 is 28.8 Å². The summed E-state index contributed by atoms with van der Waals surface area (Å²) in [7, 11) is 1.75. The summed E-state index contributed by atoms with van der Waals surface area (Å²) in [5.41, 5.74) is 2.25. The predicted octanol–water partition coefficient (Wildman–Crippen LogP) is 4.06. The van der Waals surface area contributed by atoms with Gasteiger partial charge in [-0.1, -0.05) is 29.8 Å². The molecular formula is C16H14ClN3OS. The van der Waals surface area contributed by atoms with Gasteiger partial charge in [-0.3, -0.25) is 9.89 Å². The fourth-order valence-corrected chi connectivity index (χ4v) is 3.07. The van der Waals surface area contributed by atoms with Gasteiger partial charge in [0.1, 0.15) is 0 Å². The number of aromatic amines is 1. The van der Waals surface area contributed by atoms with Gasteiger partial charge in [-0.2, -0.15) is 5.10 Å². The van der Waals surface area contributed by atoms with Crippen molar-refractivity contribution in [1.29, 1.82) is 0 Å². The molecule has 1 N–H and O–H groups in total. The standard InChI is InChI=1S/C16H14ClN3OS/c1-20(10-11-4-2-5-12(17)8-11)16(21)14-9-13(18-19-14)15-6-3-7-22-15/h2-9H,10H2,1H3,(H,18,19). The Labute approximate surface area is 137 Å². The van der Waals surface area contributed by atoms with E-state index in [2.05, 4.69) is 10.2 Å². The average Bonchev–Trinajstić information content (AvgIpc) is 3.17. The SMILES string of the molecule is CN(Cc1cccc(Cl)c1)C(=O)c1cc(-c2cccs2)[nH]n1. The van der Waals surface area contributed by atoms with Crippen LogP contribution in [0, 0.1) is 0 Å². The zero-order valence-electron chi connectivity index (χ0n) is 11.9. The Morgan fingerprint density at radius 2 is 2.18 bits per heavy atom. The first-order chi connectivity index (χ1) is 10.6. The second-order valence-corrected chi connectivity index (χ2v) is 6.32. The van der Waals surface area contributed by atoms with Crippen LogP contribution in [0.15, 0.2) is 47.8 Å². The summed E-state index contributed by atoms with van der Waals surface area (Å²) in [6.07, 6.45) is 0. The number of carbonyl (C=O) groups excluding carboxylic acids is 1. The van der Waals surface area contributed by atoms with Crippen LogP contribution in [-0.2, 0) is 6.54 Å². The number of nitrogens with zero attached hydrogens (tertiary/aromatic N) is 2. The number of nitrogens with one attached hydrogen (secondary N) is 1. The van der Waals surface area contributed by atoms with Crippen LogP contribution in [0.5, 0.6) is 0 Å². The first-order valence-corrected chi connectivity index (χ1v) is 7.98. The van der Waals surface area contributed by atoms with Gasteiger partial charge in [0.25, 0.3) is 5.91 Å². The molecule has 0 radical (unpaired) electrons. The highest BCUT2D eigenvalue weighted by atomic mass is 35.5. The number of benzene rings is 1. The van der Waals surface area contributed by atoms with Crippen molar-refractivity contribution in [2.24, 2.45) is 0 Å². The highest BCUT2D eigenvalue weighted by Crippen LogP contribution is 2.23. The van der Waals surface area contributed by atoms with Gasteiger partial charge < -0.3 is 4.90 Å². The fourth-order valence-electron chi connectivity index (χ4n) is 2.17. The summed E-state index contributed by atoms with van der Waals surface area (Å²) < 4.78 is 0. The third kappa shape index (κ3) is 3.21. The molecule has 2 heterocycles. The molecule has 0 unspecified atom stereocenters. The van der Waals surface area contributed by atoms with Crippen molar-refractivity contribution in [1.82, 2.24) is 15.1 Å². The van der Waals surface area contributed by atoms with Gasteiger partial charge in [0.15, 0.2) is 5.69 Å². The topological polar surface area (TPSA) is 49.0 Å². The molecule has 6 heteroatoms. The number of aromatic nitrogens is 2. The van der Waals surface area contributed by atoms with Crippen molar-refractivity contribution in [3.63, 3.8) is 0 Å². The van der Waals surface area contributed by atoms with E-state index >= 15 is 0 Å². The lowest BCUT2D eigenvalue weighted by Gasteiger charge is -2.15. The smallest absolute Gasteiger partial charge is 0.274 e. The van der Waals surface area contributed by atoms with Crippen LogP contribution in [0.25, 0.3) is 10.6 Å². The lowest BCUT2D eigenvalue weighted by Crippen LogP contribution is -2.26. The summed E-state index contributed by atoms with van der Waals surface area (Å²) in [5, 5.41) is 9.68. The van der Waals surface area contributed by atoms with Crippen LogP contribution in [0.2, 0.25) is 5.02 Å². The first-order valence-electron chi connectivity index (χ1n) is 6.72. The summed E-state index contributed by atoms with van der Waals surface area (Å²) >= 11 is 7.57. The molecule has 0 aliphatic heterocycles. The van der Waals surface area contributed by atoms with Crippen LogP contribution in [-0.4, -0.2) is 28.1 Å². The Hall–Kier alpha value is -2.11. The number of amides is 1. The quantitative estimate of drug-likeness (QED) is 0.783. The highest BCUT2D eigenvalue weighted by molar-refractivity contribution is 7.13. The average molecular weight is 332 g/mol. The second-order valence-electron chi connectivity index (χ2n) is 4.94. The van der Waals surface area contributed by atoms with Crippen molar-refractivity contribution in [2.45, 2.75) is 6.54 Å². The molecule has 0 fully saturated rings. The molecular weight excluding hydrogens is 318 g/mol. The number of carbonyl (C=O) groups is 1. The zero-order chi connectivity index (χ0) is 15.5. The van der Waals surface area contributed by atoms with Crippen LogP contribution in [0.4, 0.5) is 0 Å². The predicted molar refractivity (Wildman–Crippen MR) is 89.2 cm³/mol. The molecule has 3 aromatic rings. The second kappa shape index (κ2) is 6.34. The molecule has 0 saturated heterocycles. The van der Waals surface area contributed by atoms with Gasteiger partial charge in [0.2, 0.25) is 0 Å². The van der Waals surface area contributed by atoms with E-state index in [-0.39, 0.29) is 5.91 Å². The van der Waals surface area contributed by atoms with Gasteiger partial charge >= 0.3 is 0 Å². The van der Waals surface area contributed by atoms with E-state index in [1.807, 2.05) is 41.8 Å². The Balaban J connectivity index is 1.73. The van der Waals surface area contributed by atoms with E-state index in [9.17, 15) is 4.79 Å². The van der Waals surface area contributed by atoms with E-state index in [0.717, 1.165) is 16.1 Å². The Kier molecular flexibility index (Phi) is 4.27. The lowest BCUT2D eigenvalue weighted by atomic mass is 10.2. The van der Waals surface area contributed by atoms with E-state index in [1.165, 1.54) is 0 Å². The molecule has 4 nitrogen and oxygen atoms in total. The van der Waals surface area contributed by atoms with Gasteiger partial charge in [0.05, 0.1) is 10.6 Å². The molecule has 1 amide bonds. The Morgan fingerprint density at radius 1 is 1.32 bits per heavy atom. The van der Waals surface area contributed by atoms with Crippen molar-refractivity contribution in [2.75, 3.05) is 7.05 Å². The summed E-state index contributed by atoms with van der Waals surface area (Å²) in [4.78, 5) is 15.1. The number of thiophene rings is 1. The molecule has 3 rings (SSSR count). The molecule has 0 aliphatic rings. The van der Waals surface area contributed by atoms with Crippen molar-refractivity contribution in [3.8, 4) is 10.6 Å². The zero-order valence-corrected chi connectivity index (χ0v) is 13.5. The van der Waals surface area contributed by atoms with Crippen LogP contribution >= 0.6 is 22.9 Å². The maximum absolute atomic E-state index is 12.4. The monoisotopic (exact) mass is 331 g/mol. The third-order valence-electron chi connectivity index (χ3n) is 3.24. The van der Waals surface area contributed by atoms with Gasteiger partial charge in [-0.25, -0.2) is 0 Å². The summed E-state index contributed by atoms with van der Waals surface area (Å²) in [6, 6.07) is 13.2. The third-order valence-corrected chi connectivity index (χ3v) is 4.38. The van der Waals surface area contributed by atoms with Crippen LogP contribution in [0.3, 0.4) is 0 Å². The largest absolute Gasteiger partial charge is 0.336 e. The summed E-state index contributed by atoms with van der Waals surface area (Å²) in [5.74, 6) is -0.126. The lowest BCUT2D eigenvalue weighted by molar-refractivity contribution is 0.0779. The number of rotatable bonds is 4. The first kappa shape index (κ1) is 14.8. The highest BCUT2D eigenvalue weighted by Gasteiger charge is 2.16. The van der Waals surface area contributed by atoms with E-state index < -0.39 is 0 Å². The normalized spacial score (nSPS) is 10.6. The maximum Gasteiger partial charge on any atom is 0.274 e. The minimum absolute atomic E-state index is 0.126. The van der Waals surface area contributed by atoms with E-state index in [4.69, 9.17) is 11.6 Å². The molecule has 0 atom stereocenters. The van der Waals surface area contributed by atoms with Crippen molar-refractivity contribution < 1.29 is 4.79 Å². The molecule has 0 saturated carbocycles. The Bertz CT molecular complexity index is 782. The fraction of sp³-hybridized carbons (Fsp3) is 0.125. The minimum Gasteiger partial charge on any atom is -0.336 e. The minimum atomic E-state index is -0.126.